The average Bonchev–Trinajstić information content (AvgIpc) is 2.46. The number of halogens is 2. The number of piperidine rings is 1. The van der Waals surface area contributed by atoms with Crippen LogP contribution in [0.5, 0.6) is 5.75 Å². The molecule has 5 nitrogen and oxygen atoms in total. The van der Waals surface area contributed by atoms with E-state index >= 15 is 0 Å². The Bertz CT molecular complexity index is 553. The Morgan fingerprint density at radius 2 is 2.19 bits per heavy atom. The Balaban J connectivity index is 1.98. The van der Waals surface area contributed by atoms with E-state index in [1.54, 1.807) is 6.07 Å². The first-order chi connectivity index (χ1) is 9.99. The van der Waals surface area contributed by atoms with Crippen molar-refractivity contribution in [2.75, 3.05) is 13.2 Å². The van der Waals surface area contributed by atoms with Gasteiger partial charge in [-0.1, -0.05) is 15.9 Å². The van der Waals surface area contributed by atoms with Gasteiger partial charge in [-0.3, -0.25) is 9.59 Å². The molecular formula is C14H16BrFN2O3. The molecule has 1 aromatic rings. The van der Waals surface area contributed by atoms with Crippen LogP contribution < -0.4 is 10.5 Å². The predicted molar refractivity (Wildman–Crippen MR) is 78.1 cm³/mol. The number of primary amides is 1. The molecule has 1 aliphatic rings. The summed E-state index contributed by atoms with van der Waals surface area (Å²) in [6, 6.07) is 3.72. The molecule has 1 heterocycles. The molecule has 0 bridgehead atoms. The molecule has 114 valence electrons. The van der Waals surface area contributed by atoms with Crippen molar-refractivity contribution in [2.45, 2.75) is 25.3 Å². The van der Waals surface area contributed by atoms with E-state index in [9.17, 15) is 14.0 Å². The maximum absolute atomic E-state index is 13.6. The van der Waals surface area contributed by atoms with Gasteiger partial charge >= 0.3 is 0 Å². The number of hydrogen-bond acceptors (Lipinski definition) is 3. The maximum Gasteiger partial charge on any atom is 0.261 e. The van der Waals surface area contributed by atoms with E-state index < -0.39 is 17.8 Å². The highest BCUT2D eigenvalue weighted by Crippen LogP contribution is 2.22. The van der Waals surface area contributed by atoms with Gasteiger partial charge in [0.15, 0.2) is 18.2 Å². The van der Waals surface area contributed by atoms with Gasteiger partial charge < -0.3 is 15.4 Å². The Morgan fingerprint density at radius 1 is 1.43 bits per heavy atom. The lowest BCUT2D eigenvalue weighted by Gasteiger charge is -2.33. The number of likely N-dealkylation sites (tertiary alicyclic amines) is 1. The second-order valence-corrected chi connectivity index (χ2v) is 5.78. The van der Waals surface area contributed by atoms with E-state index in [0.717, 1.165) is 12.8 Å². The van der Waals surface area contributed by atoms with Crippen LogP contribution in [0.25, 0.3) is 0 Å². The fourth-order valence-corrected chi connectivity index (χ4v) is 2.67. The molecule has 1 fully saturated rings. The number of carbonyl (C=O) groups is 2. The van der Waals surface area contributed by atoms with E-state index in [2.05, 4.69) is 15.9 Å². The van der Waals surface area contributed by atoms with Gasteiger partial charge in [-0.15, -0.1) is 0 Å². The Morgan fingerprint density at radius 3 is 2.86 bits per heavy atom. The molecule has 1 aromatic carbocycles. The van der Waals surface area contributed by atoms with Gasteiger partial charge in [0.1, 0.15) is 6.04 Å². The number of nitrogens with two attached hydrogens (primary N) is 1. The zero-order valence-corrected chi connectivity index (χ0v) is 12.9. The summed E-state index contributed by atoms with van der Waals surface area (Å²) in [5.41, 5.74) is 5.30. The lowest BCUT2D eigenvalue weighted by Crippen LogP contribution is -2.51. The Kier molecular flexibility index (Phi) is 5.17. The van der Waals surface area contributed by atoms with Crippen LogP contribution in [0.2, 0.25) is 0 Å². The van der Waals surface area contributed by atoms with E-state index in [-0.39, 0.29) is 18.3 Å². The van der Waals surface area contributed by atoms with Gasteiger partial charge in [-0.05, 0) is 37.5 Å². The summed E-state index contributed by atoms with van der Waals surface area (Å²) in [6.07, 6.45) is 2.25. The van der Waals surface area contributed by atoms with Crippen LogP contribution >= 0.6 is 15.9 Å². The molecule has 2 amide bonds. The molecule has 1 atom stereocenters. The summed E-state index contributed by atoms with van der Waals surface area (Å²) >= 11 is 3.14. The van der Waals surface area contributed by atoms with Crippen LogP contribution in [0, 0.1) is 5.82 Å². The van der Waals surface area contributed by atoms with Crippen LogP contribution in [0.4, 0.5) is 4.39 Å². The minimum absolute atomic E-state index is 0.000755. The zero-order chi connectivity index (χ0) is 15.4. The van der Waals surface area contributed by atoms with Crippen LogP contribution in [-0.4, -0.2) is 35.9 Å². The van der Waals surface area contributed by atoms with Crippen LogP contribution in [0.1, 0.15) is 19.3 Å². The number of ether oxygens (including phenoxy) is 1. The lowest BCUT2D eigenvalue weighted by molar-refractivity contribution is -0.142. The third-order valence-electron chi connectivity index (χ3n) is 3.40. The smallest absolute Gasteiger partial charge is 0.261 e. The third-order valence-corrected chi connectivity index (χ3v) is 3.89. The van der Waals surface area contributed by atoms with Crippen LogP contribution in [0.15, 0.2) is 22.7 Å². The molecule has 2 rings (SSSR count). The van der Waals surface area contributed by atoms with Crippen molar-refractivity contribution in [1.82, 2.24) is 4.90 Å². The van der Waals surface area contributed by atoms with E-state index in [1.807, 2.05) is 0 Å². The van der Waals surface area contributed by atoms with Gasteiger partial charge in [0.05, 0.1) is 0 Å². The van der Waals surface area contributed by atoms with Crippen molar-refractivity contribution in [2.24, 2.45) is 5.73 Å². The average molecular weight is 359 g/mol. The molecule has 0 radical (unpaired) electrons. The molecule has 1 aliphatic heterocycles. The molecule has 1 saturated heterocycles. The maximum atomic E-state index is 13.6. The van der Waals surface area contributed by atoms with Crippen LogP contribution in [0.3, 0.4) is 0 Å². The molecule has 0 aliphatic carbocycles. The van der Waals surface area contributed by atoms with E-state index in [0.29, 0.717) is 17.4 Å². The van der Waals surface area contributed by atoms with Crippen molar-refractivity contribution in [3.05, 3.63) is 28.5 Å². The molecule has 0 aromatic heterocycles. The Labute approximate surface area is 130 Å². The summed E-state index contributed by atoms with van der Waals surface area (Å²) in [4.78, 5) is 24.9. The van der Waals surface area contributed by atoms with E-state index in [4.69, 9.17) is 10.5 Å². The van der Waals surface area contributed by atoms with Gasteiger partial charge in [-0.25, -0.2) is 4.39 Å². The molecule has 2 N–H and O–H groups in total. The standard InChI is InChI=1S/C14H16BrFN2O3/c15-9-4-5-12(10(16)7-9)21-8-13(19)18-6-2-1-3-11(18)14(17)20/h4-5,7,11H,1-3,6,8H2,(H2,17,20). The molecule has 7 heteroatoms. The largest absolute Gasteiger partial charge is 0.481 e. The first-order valence-electron chi connectivity index (χ1n) is 6.65. The van der Waals surface area contributed by atoms with Gasteiger partial charge in [-0.2, -0.15) is 0 Å². The highest BCUT2D eigenvalue weighted by Gasteiger charge is 2.30. The van der Waals surface area contributed by atoms with Crippen molar-refractivity contribution in [1.29, 1.82) is 0 Å². The normalized spacial score (nSPS) is 18.4. The SMILES string of the molecule is NC(=O)C1CCCCN1C(=O)COc1ccc(Br)cc1F. The summed E-state index contributed by atoms with van der Waals surface area (Å²) < 4.78 is 19.4. The number of hydrogen-bond donors (Lipinski definition) is 1. The summed E-state index contributed by atoms with van der Waals surface area (Å²) in [7, 11) is 0. The first-order valence-corrected chi connectivity index (χ1v) is 7.45. The zero-order valence-electron chi connectivity index (χ0n) is 11.4. The summed E-state index contributed by atoms with van der Waals surface area (Å²) in [5.74, 6) is -1.43. The second kappa shape index (κ2) is 6.89. The molecule has 0 spiro atoms. The third kappa shape index (κ3) is 3.93. The lowest BCUT2D eigenvalue weighted by atomic mass is 10.0. The summed E-state index contributed by atoms with van der Waals surface area (Å²) in [5, 5.41) is 0. The molecule has 1 unspecified atom stereocenters. The van der Waals surface area contributed by atoms with Gasteiger partial charge in [0, 0.05) is 11.0 Å². The topological polar surface area (TPSA) is 72.6 Å². The molecular weight excluding hydrogens is 343 g/mol. The van der Waals surface area contributed by atoms with Gasteiger partial charge in [0.2, 0.25) is 5.91 Å². The minimum Gasteiger partial charge on any atom is -0.481 e. The second-order valence-electron chi connectivity index (χ2n) is 4.86. The first kappa shape index (κ1) is 15.8. The highest BCUT2D eigenvalue weighted by atomic mass is 79.9. The van der Waals surface area contributed by atoms with Crippen molar-refractivity contribution < 1.29 is 18.7 Å². The molecule has 21 heavy (non-hydrogen) atoms. The van der Waals surface area contributed by atoms with Crippen molar-refractivity contribution in [3.63, 3.8) is 0 Å². The highest BCUT2D eigenvalue weighted by molar-refractivity contribution is 9.10. The quantitative estimate of drug-likeness (QED) is 0.892. The number of rotatable bonds is 4. The molecule has 0 saturated carbocycles. The summed E-state index contributed by atoms with van der Waals surface area (Å²) in [6.45, 7) is 0.154. The van der Waals surface area contributed by atoms with Crippen LogP contribution in [-0.2, 0) is 9.59 Å². The number of carbonyl (C=O) groups excluding carboxylic acids is 2. The number of amides is 2. The van der Waals surface area contributed by atoms with Crippen molar-refractivity contribution >= 4 is 27.7 Å². The monoisotopic (exact) mass is 358 g/mol. The fourth-order valence-electron chi connectivity index (χ4n) is 2.34. The fraction of sp³-hybridized carbons (Fsp3) is 0.429. The number of nitrogens with zero attached hydrogens (tertiary/aromatic N) is 1. The Hall–Kier alpha value is -1.63. The van der Waals surface area contributed by atoms with Gasteiger partial charge in [0.25, 0.3) is 5.91 Å². The minimum atomic E-state index is -0.593. The van der Waals surface area contributed by atoms with E-state index in [1.165, 1.54) is 17.0 Å². The van der Waals surface area contributed by atoms with Crippen molar-refractivity contribution in [3.8, 4) is 5.75 Å². The number of benzene rings is 1. The predicted octanol–water partition coefficient (Wildman–Crippen LogP) is 1.83.